The van der Waals surface area contributed by atoms with E-state index in [1.807, 2.05) is 6.92 Å². The zero-order valence-electron chi connectivity index (χ0n) is 8.55. The first-order chi connectivity index (χ1) is 6.33. The van der Waals surface area contributed by atoms with Gasteiger partial charge in [-0.25, -0.2) is 0 Å². The molecule has 1 fully saturated rings. The third kappa shape index (κ3) is 4.60. The molecule has 0 spiro atoms. The fraction of sp³-hybridized carbons (Fsp3) is 1.00. The van der Waals surface area contributed by atoms with Crippen molar-refractivity contribution in [1.29, 1.82) is 0 Å². The van der Waals surface area contributed by atoms with Crippen LogP contribution in [0.15, 0.2) is 0 Å². The summed E-state index contributed by atoms with van der Waals surface area (Å²) in [6, 6.07) is 0. The molecule has 0 unspecified atom stereocenters. The number of piperidine rings is 1. The summed E-state index contributed by atoms with van der Waals surface area (Å²) in [4.78, 5) is 0. The lowest BCUT2D eigenvalue weighted by Gasteiger charge is -2.23. The molecule has 3 nitrogen and oxygen atoms in total. The zero-order chi connectivity index (χ0) is 9.52. The molecule has 0 aromatic carbocycles. The molecule has 3 heteroatoms. The topological polar surface area (TPSA) is 44.3 Å². The molecule has 78 valence electrons. The SMILES string of the molecule is CC[C@H](O)CNC[C@@H]1CCCNC1. The second kappa shape index (κ2) is 6.35. The van der Waals surface area contributed by atoms with Gasteiger partial charge in [0.25, 0.3) is 0 Å². The van der Waals surface area contributed by atoms with Crippen molar-refractivity contribution < 1.29 is 5.11 Å². The van der Waals surface area contributed by atoms with Crippen molar-refractivity contribution in [3.8, 4) is 0 Å². The molecule has 1 rings (SSSR count). The van der Waals surface area contributed by atoms with Gasteiger partial charge in [-0.05, 0) is 44.8 Å². The fourth-order valence-electron chi connectivity index (χ4n) is 1.70. The quantitative estimate of drug-likeness (QED) is 0.580. The molecule has 1 saturated heterocycles. The first-order valence-electron chi connectivity index (χ1n) is 5.42. The van der Waals surface area contributed by atoms with E-state index in [0.717, 1.165) is 32.0 Å². The van der Waals surface area contributed by atoms with Crippen LogP contribution >= 0.6 is 0 Å². The smallest absolute Gasteiger partial charge is 0.0662 e. The molecule has 0 saturated carbocycles. The van der Waals surface area contributed by atoms with E-state index in [2.05, 4.69) is 10.6 Å². The summed E-state index contributed by atoms with van der Waals surface area (Å²) >= 11 is 0. The standard InChI is InChI=1S/C10H22N2O/c1-2-10(13)8-12-7-9-4-3-5-11-6-9/h9-13H,2-8H2,1H3/t9-,10+/m1/s1. The largest absolute Gasteiger partial charge is 0.392 e. The lowest BCUT2D eigenvalue weighted by atomic mass is 10.00. The van der Waals surface area contributed by atoms with E-state index >= 15 is 0 Å². The van der Waals surface area contributed by atoms with Crippen LogP contribution in [-0.4, -0.2) is 37.4 Å². The van der Waals surface area contributed by atoms with E-state index in [1.165, 1.54) is 19.4 Å². The zero-order valence-corrected chi connectivity index (χ0v) is 8.55. The molecule has 1 aliphatic heterocycles. The highest BCUT2D eigenvalue weighted by molar-refractivity contribution is 4.71. The Kier molecular flexibility index (Phi) is 5.35. The second-order valence-corrected chi connectivity index (χ2v) is 3.93. The first-order valence-corrected chi connectivity index (χ1v) is 5.42. The minimum atomic E-state index is -0.170. The van der Waals surface area contributed by atoms with E-state index in [1.54, 1.807) is 0 Å². The van der Waals surface area contributed by atoms with Crippen molar-refractivity contribution in [3.05, 3.63) is 0 Å². The lowest BCUT2D eigenvalue weighted by molar-refractivity contribution is 0.164. The molecule has 0 aromatic rings. The molecule has 3 N–H and O–H groups in total. The summed E-state index contributed by atoms with van der Waals surface area (Å²) in [6.45, 7) is 6.11. The predicted molar refractivity (Wildman–Crippen MR) is 54.8 cm³/mol. The summed E-state index contributed by atoms with van der Waals surface area (Å²) in [5.74, 6) is 0.762. The molecule has 0 aromatic heterocycles. The summed E-state index contributed by atoms with van der Waals surface area (Å²) < 4.78 is 0. The molecule has 0 bridgehead atoms. The van der Waals surface area contributed by atoms with Crippen molar-refractivity contribution in [3.63, 3.8) is 0 Å². The molecule has 0 radical (unpaired) electrons. The predicted octanol–water partition coefficient (Wildman–Crippen LogP) is 0.346. The Morgan fingerprint density at radius 3 is 3.08 bits per heavy atom. The van der Waals surface area contributed by atoms with E-state index in [4.69, 9.17) is 0 Å². The molecule has 1 heterocycles. The monoisotopic (exact) mass is 186 g/mol. The van der Waals surface area contributed by atoms with Crippen LogP contribution in [0.1, 0.15) is 26.2 Å². The molecule has 2 atom stereocenters. The number of aliphatic hydroxyl groups excluding tert-OH is 1. The highest BCUT2D eigenvalue weighted by Gasteiger charge is 2.12. The van der Waals surface area contributed by atoms with Gasteiger partial charge in [-0.1, -0.05) is 6.92 Å². The van der Waals surface area contributed by atoms with Crippen molar-refractivity contribution in [1.82, 2.24) is 10.6 Å². The Labute approximate surface area is 80.9 Å². The molecular weight excluding hydrogens is 164 g/mol. The Morgan fingerprint density at radius 2 is 2.46 bits per heavy atom. The summed E-state index contributed by atoms with van der Waals surface area (Å²) in [6.07, 6.45) is 3.29. The molecule has 0 aliphatic carbocycles. The van der Waals surface area contributed by atoms with Crippen LogP contribution in [0.5, 0.6) is 0 Å². The minimum Gasteiger partial charge on any atom is -0.392 e. The Hall–Kier alpha value is -0.120. The van der Waals surface area contributed by atoms with Crippen LogP contribution in [-0.2, 0) is 0 Å². The maximum atomic E-state index is 9.31. The number of nitrogens with one attached hydrogen (secondary N) is 2. The van der Waals surface area contributed by atoms with E-state index in [-0.39, 0.29) is 6.10 Å². The van der Waals surface area contributed by atoms with Crippen LogP contribution < -0.4 is 10.6 Å². The normalized spacial score (nSPS) is 25.8. The number of hydrogen-bond acceptors (Lipinski definition) is 3. The van der Waals surface area contributed by atoms with Gasteiger partial charge in [0, 0.05) is 6.54 Å². The van der Waals surface area contributed by atoms with Crippen molar-refractivity contribution in [2.75, 3.05) is 26.2 Å². The summed E-state index contributed by atoms with van der Waals surface area (Å²) in [5.41, 5.74) is 0. The fourth-order valence-corrected chi connectivity index (χ4v) is 1.70. The number of aliphatic hydroxyl groups is 1. The first kappa shape index (κ1) is 11.0. The summed E-state index contributed by atoms with van der Waals surface area (Å²) in [7, 11) is 0. The second-order valence-electron chi connectivity index (χ2n) is 3.93. The van der Waals surface area contributed by atoms with Gasteiger partial charge < -0.3 is 15.7 Å². The van der Waals surface area contributed by atoms with Gasteiger partial charge in [0.1, 0.15) is 0 Å². The maximum absolute atomic E-state index is 9.31. The Morgan fingerprint density at radius 1 is 1.62 bits per heavy atom. The average Bonchev–Trinajstić information content (AvgIpc) is 2.19. The van der Waals surface area contributed by atoms with E-state index < -0.39 is 0 Å². The van der Waals surface area contributed by atoms with Gasteiger partial charge >= 0.3 is 0 Å². The van der Waals surface area contributed by atoms with Crippen LogP contribution in [0.25, 0.3) is 0 Å². The molecule has 1 aliphatic rings. The van der Waals surface area contributed by atoms with Gasteiger partial charge in [0.05, 0.1) is 6.10 Å². The van der Waals surface area contributed by atoms with Gasteiger partial charge in [-0.2, -0.15) is 0 Å². The lowest BCUT2D eigenvalue weighted by Crippen LogP contribution is -2.38. The highest BCUT2D eigenvalue weighted by Crippen LogP contribution is 2.07. The van der Waals surface area contributed by atoms with E-state index in [0.29, 0.717) is 0 Å². The van der Waals surface area contributed by atoms with Crippen LogP contribution in [0.4, 0.5) is 0 Å². The minimum absolute atomic E-state index is 0.170. The molecular formula is C10H22N2O. The molecule has 13 heavy (non-hydrogen) atoms. The van der Waals surface area contributed by atoms with Crippen LogP contribution in [0.3, 0.4) is 0 Å². The number of rotatable bonds is 5. The third-order valence-electron chi connectivity index (χ3n) is 2.68. The summed E-state index contributed by atoms with van der Waals surface area (Å²) in [5, 5.41) is 16.0. The van der Waals surface area contributed by atoms with Crippen LogP contribution in [0, 0.1) is 5.92 Å². The van der Waals surface area contributed by atoms with Gasteiger partial charge in [0.2, 0.25) is 0 Å². The van der Waals surface area contributed by atoms with Gasteiger partial charge in [-0.15, -0.1) is 0 Å². The molecule has 0 amide bonds. The van der Waals surface area contributed by atoms with Crippen LogP contribution in [0.2, 0.25) is 0 Å². The average molecular weight is 186 g/mol. The Balaban J connectivity index is 1.98. The third-order valence-corrected chi connectivity index (χ3v) is 2.68. The van der Waals surface area contributed by atoms with E-state index in [9.17, 15) is 5.11 Å². The van der Waals surface area contributed by atoms with Crippen molar-refractivity contribution in [2.24, 2.45) is 5.92 Å². The van der Waals surface area contributed by atoms with Crippen molar-refractivity contribution >= 4 is 0 Å². The van der Waals surface area contributed by atoms with Gasteiger partial charge in [-0.3, -0.25) is 0 Å². The van der Waals surface area contributed by atoms with Gasteiger partial charge in [0.15, 0.2) is 0 Å². The van der Waals surface area contributed by atoms with Crippen molar-refractivity contribution in [2.45, 2.75) is 32.3 Å². The maximum Gasteiger partial charge on any atom is 0.0662 e. The number of hydrogen-bond donors (Lipinski definition) is 3. The highest BCUT2D eigenvalue weighted by atomic mass is 16.3. The Bertz CT molecular complexity index is 124.